The molecule has 1 amide bonds. The highest BCUT2D eigenvalue weighted by Crippen LogP contribution is 2.25. The molecule has 20 heavy (non-hydrogen) atoms. The number of fused-ring (bicyclic) bond motifs is 1. The number of halogens is 1. The zero-order chi connectivity index (χ0) is 13.9. The van der Waals surface area contributed by atoms with Crippen molar-refractivity contribution >= 4 is 27.9 Å². The lowest BCUT2D eigenvalue weighted by atomic mass is 9.95. The third kappa shape index (κ3) is 2.68. The van der Waals surface area contributed by atoms with Gasteiger partial charge in [0.15, 0.2) is 0 Å². The Morgan fingerprint density at radius 1 is 1.10 bits per heavy atom. The van der Waals surface area contributed by atoms with Crippen molar-refractivity contribution in [1.82, 2.24) is 5.32 Å². The molecule has 100 valence electrons. The monoisotopic (exact) mass is 327 g/mol. The molecule has 0 fully saturated rings. The molecule has 3 rings (SSSR count). The summed E-state index contributed by atoms with van der Waals surface area (Å²) in [5, 5.41) is 3.03. The Bertz CT molecular complexity index is 664. The highest BCUT2D eigenvalue weighted by atomic mass is 79.9. The molecule has 0 bridgehead atoms. The average Bonchev–Trinajstić information content (AvgIpc) is 2.46. The van der Waals surface area contributed by atoms with Gasteiger partial charge in [0.2, 0.25) is 0 Å². The number of carbonyl (C=O) groups excluding carboxylic acids is 1. The van der Waals surface area contributed by atoms with Gasteiger partial charge in [0.25, 0.3) is 5.91 Å². The predicted octanol–water partition coefficient (Wildman–Crippen LogP) is 3.82. The number of amides is 1. The van der Waals surface area contributed by atoms with E-state index in [2.05, 4.69) is 27.3 Å². The molecular formula is C17H14BrNO. The third-order valence-electron chi connectivity index (χ3n) is 3.40. The lowest BCUT2D eigenvalue weighted by Gasteiger charge is -2.24. The van der Waals surface area contributed by atoms with Crippen LogP contribution in [0.1, 0.15) is 21.5 Å². The SMILES string of the molecule is O=C1N[C@@H](/C=C/c2ccccc2)Cc2cccc(Br)c21. The number of benzene rings is 2. The summed E-state index contributed by atoms with van der Waals surface area (Å²) < 4.78 is 0.859. The van der Waals surface area contributed by atoms with Gasteiger partial charge in [0.1, 0.15) is 0 Å². The molecule has 0 radical (unpaired) electrons. The summed E-state index contributed by atoms with van der Waals surface area (Å²) in [6.45, 7) is 0. The molecule has 0 spiro atoms. The Balaban J connectivity index is 1.82. The van der Waals surface area contributed by atoms with Gasteiger partial charge in [0.05, 0.1) is 11.6 Å². The lowest BCUT2D eigenvalue weighted by Crippen LogP contribution is -2.40. The molecule has 1 heterocycles. The van der Waals surface area contributed by atoms with Crippen molar-refractivity contribution in [3.8, 4) is 0 Å². The van der Waals surface area contributed by atoms with Crippen LogP contribution >= 0.6 is 15.9 Å². The Morgan fingerprint density at radius 3 is 2.70 bits per heavy atom. The lowest BCUT2D eigenvalue weighted by molar-refractivity contribution is 0.0933. The van der Waals surface area contributed by atoms with Gasteiger partial charge in [-0.15, -0.1) is 0 Å². The van der Waals surface area contributed by atoms with E-state index in [9.17, 15) is 4.79 Å². The van der Waals surface area contributed by atoms with Crippen molar-refractivity contribution in [3.63, 3.8) is 0 Å². The molecule has 1 aliphatic rings. The summed E-state index contributed by atoms with van der Waals surface area (Å²) in [6, 6.07) is 16.0. The molecule has 0 saturated heterocycles. The standard InChI is InChI=1S/C17H14BrNO/c18-15-8-4-7-13-11-14(19-17(20)16(13)15)10-9-12-5-2-1-3-6-12/h1-10,14H,11H2,(H,19,20)/b10-9+/t14-/m0/s1. The summed E-state index contributed by atoms with van der Waals surface area (Å²) in [4.78, 5) is 12.2. The van der Waals surface area contributed by atoms with Crippen molar-refractivity contribution in [2.24, 2.45) is 0 Å². The Hall–Kier alpha value is -1.87. The van der Waals surface area contributed by atoms with Crippen LogP contribution in [0.2, 0.25) is 0 Å². The highest BCUT2D eigenvalue weighted by molar-refractivity contribution is 9.10. The maximum Gasteiger partial charge on any atom is 0.253 e. The van der Waals surface area contributed by atoms with Gasteiger partial charge in [0, 0.05) is 4.47 Å². The van der Waals surface area contributed by atoms with E-state index in [1.807, 2.05) is 54.6 Å². The maximum atomic E-state index is 12.2. The Kier molecular flexibility index (Phi) is 3.70. The van der Waals surface area contributed by atoms with E-state index < -0.39 is 0 Å². The van der Waals surface area contributed by atoms with Crippen molar-refractivity contribution in [2.75, 3.05) is 0 Å². The van der Waals surface area contributed by atoms with Crippen LogP contribution < -0.4 is 5.32 Å². The molecule has 1 N–H and O–H groups in total. The van der Waals surface area contributed by atoms with Gasteiger partial charge in [-0.05, 0) is 39.5 Å². The second-order valence-electron chi connectivity index (χ2n) is 4.83. The molecule has 0 aromatic heterocycles. The summed E-state index contributed by atoms with van der Waals surface area (Å²) in [6.07, 6.45) is 4.93. The summed E-state index contributed by atoms with van der Waals surface area (Å²) in [5.74, 6) is -0.0126. The van der Waals surface area contributed by atoms with E-state index >= 15 is 0 Å². The Labute approximate surface area is 126 Å². The van der Waals surface area contributed by atoms with Gasteiger partial charge >= 0.3 is 0 Å². The normalized spacial score (nSPS) is 17.9. The van der Waals surface area contributed by atoms with Crippen LogP contribution in [0.3, 0.4) is 0 Å². The van der Waals surface area contributed by atoms with Crippen LogP contribution in [0.25, 0.3) is 6.08 Å². The molecule has 3 heteroatoms. The van der Waals surface area contributed by atoms with E-state index in [-0.39, 0.29) is 11.9 Å². The maximum absolute atomic E-state index is 12.2. The van der Waals surface area contributed by atoms with Gasteiger partial charge in [-0.2, -0.15) is 0 Å². The van der Waals surface area contributed by atoms with E-state index in [4.69, 9.17) is 0 Å². The van der Waals surface area contributed by atoms with Gasteiger partial charge < -0.3 is 5.32 Å². The molecule has 2 aromatic rings. The van der Waals surface area contributed by atoms with Crippen molar-refractivity contribution < 1.29 is 4.79 Å². The van der Waals surface area contributed by atoms with E-state index in [0.717, 1.165) is 27.6 Å². The molecule has 0 aliphatic carbocycles. The van der Waals surface area contributed by atoms with Crippen molar-refractivity contribution in [1.29, 1.82) is 0 Å². The number of hydrogen-bond acceptors (Lipinski definition) is 1. The van der Waals surface area contributed by atoms with Crippen LogP contribution in [0.4, 0.5) is 0 Å². The fraction of sp³-hybridized carbons (Fsp3) is 0.118. The second kappa shape index (κ2) is 5.63. The summed E-state index contributed by atoms with van der Waals surface area (Å²) in [5.41, 5.74) is 2.99. The molecular weight excluding hydrogens is 314 g/mol. The van der Waals surface area contributed by atoms with Crippen LogP contribution in [-0.2, 0) is 6.42 Å². The number of rotatable bonds is 2. The minimum absolute atomic E-state index is 0.0126. The summed E-state index contributed by atoms with van der Waals surface area (Å²) >= 11 is 3.44. The Morgan fingerprint density at radius 2 is 1.90 bits per heavy atom. The highest BCUT2D eigenvalue weighted by Gasteiger charge is 2.24. The number of hydrogen-bond donors (Lipinski definition) is 1. The fourth-order valence-electron chi connectivity index (χ4n) is 2.43. The average molecular weight is 328 g/mol. The van der Waals surface area contributed by atoms with Crippen LogP contribution in [0, 0.1) is 0 Å². The first-order chi connectivity index (χ1) is 9.74. The second-order valence-corrected chi connectivity index (χ2v) is 5.68. The molecule has 1 atom stereocenters. The van der Waals surface area contributed by atoms with Crippen LogP contribution in [0.5, 0.6) is 0 Å². The number of carbonyl (C=O) groups is 1. The first kappa shape index (κ1) is 13.1. The van der Waals surface area contributed by atoms with Crippen LogP contribution in [0.15, 0.2) is 59.1 Å². The third-order valence-corrected chi connectivity index (χ3v) is 4.06. The minimum Gasteiger partial charge on any atom is -0.345 e. The van der Waals surface area contributed by atoms with Gasteiger partial charge in [-0.1, -0.05) is 54.6 Å². The zero-order valence-electron chi connectivity index (χ0n) is 10.8. The number of nitrogens with one attached hydrogen (secondary N) is 1. The first-order valence-electron chi connectivity index (χ1n) is 6.55. The van der Waals surface area contributed by atoms with E-state index in [1.54, 1.807) is 0 Å². The van der Waals surface area contributed by atoms with Crippen molar-refractivity contribution in [2.45, 2.75) is 12.5 Å². The quantitative estimate of drug-likeness (QED) is 0.892. The molecule has 2 nitrogen and oxygen atoms in total. The van der Waals surface area contributed by atoms with E-state index in [0.29, 0.717) is 0 Å². The van der Waals surface area contributed by atoms with Crippen molar-refractivity contribution in [3.05, 3.63) is 75.8 Å². The first-order valence-corrected chi connectivity index (χ1v) is 7.35. The molecule has 1 aliphatic heterocycles. The van der Waals surface area contributed by atoms with Gasteiger partial charge in [-0.3, -0.25) is 4.79 Å². The van der Waals surface area contributed by atoms with Crippen LogP contribution in [-0.4, -0.2) is 11.9 Å². The van der Waals surface area contributed by atoms with E-state index in [1.165, 1.54) is 0 Å². The van der Waals surface area contributed by atoms with Gasteiger partial charge in [-0.25, -0.2) is 0 Å². The smallest absolute Gasteiger partial charge is 0.253 e. The molecule has 2 aromatic carbocycles. The largest absolute Gasteiger partial charge is 0.345 e. The minimum atomic E-state index is -0.0126. The summed E-state index contributed by atoms with van der Waals surface area (Å²) in [7, 11) is 0. The zero-order valence-corrected chi connectivity index (χ0v) is 12.4. The predicted molar refractivity (Wildman–Crippen MR) is 84.6 cm³/mol. The fourth-order valence-corrected chi connectivity index (χ4v) is 3.02. The topological polar surface area (TPSA) is 29.1 Å². The molecule has 0 unspecified atom stereocenters. The molecule has 0 saturated carbocycles.